The van der Waals surface area contributed by atoms with Crippen molar-refractivity contribution in [3.63, 3.8) is 0 Å². The van der Waals surface area contributed by atoms with E-state index >= 15 is 0 Å². The highest BCUT2D eigenvalue weighted by Crippen LogP contribution is 2.40. The first-order valence-electron chi connectivity index (χ1n) is 7.29. The van der Waals surface area contributed by atoms with E-state index in [1.165, 1.54) is 18.4 Å². The van der Waals surface area contributed by atoms with Crippen LogP contribution in [0.1, 0.15) is 38.2 Å². The van der Waals surface area contributed by atoms with E-state index < -0.39 is 0 Å². The lowest BCUT2D eigenvalue weighted by Crippen LogP contribution is -2.28. The number of ether oxygens (including phenoxy) is 3. The summed E-state index contributed by atoms with van der Waals surface area (Å²) in [5.41, 5.74) is 1.20. The SMILES string of the molecule is COc1cc(C2CCCNC2)c(OC)cc1OC(C)C. The lowest BCUT2D eigenvalue weighted by atomic mass is 9.90. The largest absolute Gasteiger partial charge is 0.496 e. The first-order chi connectivity index (χ1) is 9.65. The van der Waals surface area contributed by atoms with Crippen LogP contribution in [0.15, 0.2) is 12.1 Å². The Morgan fingerprint density at radius 3 is 2.40 bits per heavy atom. The third-order valence-corrected chi connectivity index (χ3v) is 3.62. The molecule has 4 heteroatoms. The molecule has 1 aromatic carbocycles. The normalized spacial score (nSPS) is 18.9. The molecule has 2 rings (SSSR count). The van der Waals surface area contributed by atoms with Crippen molar-refractivity contribution in [2.75, 3.05) is 27.3 Å². The summed E-state index contributed by atoms with van der Waals surface area (Å²) in [5.74, 6) is 2.88. The molecule has 1 heterocycles. The molecule has 0 bridgehead atoms. The van der Waals surface area contributed by atoms with Gasteiger partial charge in [0.15, 0.2) is 11.5 Å². The van der Waals surface area contributed by atoms with Crippen molar-refractivity contribution in [2.24, 2.45) is 0 Å². The van der Waals surface area contributed by atoms with Gasteiger partial charge in [-0.05, 0) is 39.3 Å². The van der Waals surface area contributed by atoms with Gasteiger partial charge in [-0.3, -0.25) is 0 Å². The van der Waals surface area contributed by atoms with Crippen molar-refractivity contribution in [3.05, 3.63) is 17.7 Å². The topological polar surface area (TPSA) is 39.7 Å². The maximum Gasteiger partial charge on any atom is 0.165 e. The molecular formula is C16H25NO3. The van der Waals surface area contributed by atoms with Crippen LogP contribution in [-0.2, 0) is 0 Å². The van der Waals surface area contributed by atoms with Crippen molar-refractivity contribution in [1.29, 1.82) is 0 Å². The average Bonchev–Trinajstić information content (AvgIpc) is 2.47. The highest BCUT2D eigenvalue weighted by Gasteiger charge is 2.22. The third kappa shape index (κ3) is 3.37. The first-order valence-corrected chi connectivity index (χ1v) is 7.29. The molecule has 1 aliphatic rings. The van der Waals surface area contributed by atoms with Gasteiger partial charge in [-0.15, -0.1) is 0 Å². The maximum absolute atomic E-state index is 5.80. The second-order valence-electron chi connectivity index (χ2n) is 5.45. The minimum atomic E-state index is 0.107. The summed E-state index contributed by atoms with van der Waals surface area (Å²) in [6.07, 6.45) is 2.48. The molecule has 0 radical (unpaired) electrons. The minimum absolute atomic E-state index is 0.107. The molecule has 0 aromatic heterocycles. The van der Waals surface area contributed by atoms with Gasteiger partial charge in [-0.2, -0.15) is 0 Å². The Kier molecular flexibility index (Phi) is 5.12. The Bertz CT molecular complexity index is 440. The Hall–Kier alpha value is -1.42. The number of nitrogens with one attached hydrogen (secondary N) is 1. The van der Waals surface area contributed by atoms with Gasteiger partial charge in [-0.25, -0.2) is 0 Å². The summed E-state index contributed by atoms with van der Waals surface area (Å²) in [7, 11) is 3.39. The fraction of sp³-hybridized carbons (Fsp3) is 0.625. The van der Waals surface area contributed by atoms with Gasteiger partial charge in [0.2, 0.25) is 0 Å². The lowest BCUT2D eigenvalue weighted by molar-refractivity contribution is 0.228. The van der Waals surface area contributed by atoms with Gasteiger partial charge in [-0.1, -0.05) is 0 Å². The van der Waals surface area contributed by atoms with Crippen LogP contribution in [0.3, 0.4) is 0 Å². The molecule has 0 amide bonds. The van der Waals surface area contributed by atoms with Gasteiger partial charge >= 0.3 is 0 Å². The zero-order valence-corrected chi connectivity index (χ0v) is 12.9. The monoisotopic (exact) mass is 279 g/mol. The van der Waals surface area contributed by atoms with Crippen LogP contribution in [0.4, 0.5) is 0 Å². The summed E-state index contributed by atoms with van der Waals surface area (Å²) >= 11 is 0. The highest BCUT2D eigenvalue weighted by atomic mass is 16.5. The van der Waals surface area contributed by atoms with E-state index in [4.69, 9.17) is 14.2 Å². The molecule has 0 aliphatic carbocycles. The van der Waals surface area contributed by atoms with Crippen LogP contribution in [0, 0.1) is 0 Å². The number of methoxy groups -OCH3 is 2. The molecule has 4 nitrogen and oxygen atoms in total. The number of benzene rings is 1. The molecule has 112 valence electrons. The summed E-state index contributed by atoms with van der Waals surface area (Å²) in [4.78, 5) is 0. The van der Waals surface area contributed by atoms with Crippen LogP contribution in [0.25, 0.3) is 0 Å². The van der Waals surface area contributed by atoms with Crippen molar-refractivity contribution in [3.8, 4) is 17.2 Å². The van der Waals surface area contributed by atoms with E-state index in [0.717, 1.165) is 30.3 Å². The molecule has 1 saturated heterocycles. The molecule has 20 heavy (non-hydrogen) atoms. The molecule has 1 unspecified atom stereocenters. The van der Waals surface area contributed by atoms with E-state index in [2.05, 4.69) is 11.4 Å². The number of rotatable bonds is 5. The molecule has 1 fully saturated rings. The van der Waals surface area contributed by atoms with Crippen molar-refractivity contribution >= 4 is 0 Å². The second kappa shape index (κ2) is 6.84. The van der Waals surface area contributed by atoms with Gasteiger partial charge in [0.05, 0.1) is 20.3 Å². The summed E-state index contributed by atoms with van der Waals surface area (Å²) in [5, 5.41) is 3.44. The fourth-order valence-corrected chi connectivity index (χ4v) is 2.68. The smallest absolute Gasteiger partial charge is 0.165 e. The summed E-state index contributed by atoms with van der Waals surface area (Å²) in [6.45, 7) is 6.10. The zero-order chi connectivity index (χ0) is 14.5. The zero-order valence-electron chi connectivity index (χ0n) is 12.9. The van der Waals surface area contributed by atoms with E-state index in [-0.39, 0.29) is 6.10 Å². The molecule has 0 spiro atoms. The number of hydrogen-bond donors (Lipinski definition) is 1. The van der Waals surface area contributed by atoms with Crippen LogP contribution in [-0.4, -0.2) is 33.4 Å². The molecule has 1 aromatic rings. The molecule has 0 saturated carbocycles. The van der Waals surface area contributed by atoms with Crippen LogP contribution < -0.4 is 19.5 Å². The standard InChI is InChI=1S/C16H25NO3/c1-11(2)20-16-9-14(18-3)13(8-15(16)19-4)12-6-5-7-17-10-12/h8-9,11-12,17H,5-7,10H2,1-4H3. The first kappa shape index (κ1) is 15.0. The third-order valence-electron chi connectivity index (χ3n) is 3.62. The number of piperidine rings is 1. The Labute approximate surface area is 121 Å². The number of hydrogen-bond acceptors (Lipinski definition) is 4. The van der Waals surface area contributed by atoms with Crippen molar-refractivity contribution in [1.82, 2.24) is 5.32 Å². The van der Waals surface area contributed by atoms with E-state index in [9.17, 15) is 0 Å². The van der Waals surface area contributed by atoms with Crippen molar-refractivity contribution in [2.45, 2.75) is 38.7 Å². The molecule has 1 aliphatic heterocycles. The molecule has 1 atom stereocenters. The lowest BCUT2D eigenvalue weighted by Gasteiger charge is -2.26. The Balaban J connectivity index is 2.35. The van der Waals surface area contributed by atoms with Crippen LogP contribution in [0.2, 0.25) is 0 Å². The van der Waals surface area contributed by atoms with Gasteiger partial charge in [0.1, 0.15) is 5.75 Å². The minimum Gasteiger partial charge on any atom is -0.496 e. The van der Waals surface area contributed by atoms with E-state index in [0.29, 0.717) is 5.92 Å². The van der Waals surface area contributed by atoms with Gasteiger partial charge in [0, 0.05) is 24.1 Å². The summed E-state index contributed by atoms with van der Waals surface area (Å²) < 4.78 is 16.8. The van der Waals surface area contributed by atoms with E-state index in [1.807, 2.05) is 19.9 Å². The van der Waals surface area contributed by atoms with Crippen molar-refractivity contribution < 1.29 is 14.2 Å². The summed E-state index contributed by atoms with van der Waals surface area (Å²) in [6, 6.07) is 4.01. The Morgan fingerprint density at radius 2 is 1.85 bits per heavy atom. The predicted octanol–water partition coefficient (Wildman–Crippen LogP) is 2.96. The fourth-order valence-electron chi connectivity index (χ4n) is 2.68. The second-order valence-corrected chi connectivity index (χ2v) is 5.45. The van der Waals surface area contributed by atoms with Gasteiger partial charge in [0.25, 0.3) is 0 Å². The quantitative estimate of drug-likeness (QED) is 0.899. The van der Waals surface area contributed by atoms with Crippen LogP contribution >= 0.6 is 0 Å². The predicted molar refractivity (Wildman–Crippen MR) is 80.2 cm³/mol. The Morgan fingerprint density at radius 1 is 1.10 bits per heavy atom. The van der Waals surface area contributed by atoms with E-state index in [1.54, 1.807) is 14.2 Å². The van der Waals surface area contributed by atoms with Crippen LogP contribution in [0.5, 0.6) is 17.2 Å². The highest BCUT2D eigenvalue weighted by molar-refractivity contribution is 5.52. The average molecular weight is 279 g/mol. The molecule has 1 N–H and O–H groups in total. The maximum atomic E-state index is 5.80. The molecular weight excluding hydrogens is 254 g/mol. The van der Waals surface area contributed by atoms with Gasteiger partial charge < -0.3 is 19.5 Å².